The highest BCUT2D eigenvalue weighted by Crippen LogP contribution is 2.39. The molecule has 1 aromatic carbocycles. The van der Waals surface area contributed by atoms with Gasteiger partial charge in [-0.15, -0.1) is 0 Å². The second-order valence-electron chi connectivity index (χ2n) is 6.37. The third-order valence-corrected chi connectivity index (χ3v) is 8.41. The first-order chi connectivity index (χ1) is 9.55. The molecule has 0 atom stereocenters. The van der Waals surface area contributed by atoms with Crippen LogP contribution in [0.3, 0.4) is 0 Å². The number of hydrogen-bond acceptors (Lipinski definition) is 2. The maximum atomic E-state index is 14.3. The summed E-state index contributed by atoms with van der Waals surface area (Å²) in [4.78, 5) is 2.97. The minimum Gasteiger partial charge on any atom is -0.505 e. The van der Waals surface area contributed by atoms with E-state index in [4.69, 9.17) is 15.7 Å². The SMILES string of the molecule is [C-]#[N+]c1c(F)cc(CO[Si](C)(C)C(C)(C)C)c(F)c1OC. The van der Waals surface area contributed by atoms with Gasteiger partial charge in [-0.05, 0) is 24.2 Å². The summed E-state index contributed by atoms with van der Waals surface area (Å²) in [5, 5.41) is -0.0252. The maximum Gasteiger partial charge on any atom is 0.265 e. The number of halogens is 2. The lowest BCUT2D eigenvalue weighted by molar-refractivity contribution is 0.268. The van der Waals surface area contributed by atoms with Crippen LogP contribution in [-0.2, 0) is 11.0 Å². The molecule has 0 saturated heterocycles. The molecule has 0 heterocycles. The number of methoxy groups -OCH3 is 1. The molecule has 0 amide bonds. The van der Waals surface area contributed by atoms with E-state index in [1.807, 2.05) is 13.1 Å². The Kier molecular flexibility index (Phi) is 5.13. The smallest absolute Gasteiger partial charge is 0.265 e. The predicted molar refractivity (Wildman–Crippen MR) is 81.2 cm³/mol. The third-order valence-electron chi connectivity index (χ3n) is 3.93. The molecule has 0 radical (unpaired) electrons. The largest absolute Gasteiger partial charge is 0.505 e. The van der Waals surface area contributed by atoms with E-state index in [0.29, 0.717) is 0 Å². The molecule has 1 aromatic rings. The number of rotatable bonds is 4. The van der Waals surface area contributed by atoms with Crippen LogP contribution in [0.25, 0.3) is 4.85 Å². The molecule has 0 aromatic heterocycles. The zero-order chi connectivity index (χ0) is 16.4. The van der Waals surface area contributed by atoms with Crippen molar-refractivity contribution in [2.24, 2.45) is 0 Å². The Labute approximate surface area is 125 Å². The van der Waals surface area contributed by atoms with Gasteiger partial charge in [0.05, 0.1) is 20.3 Å². The van der Waals surface area contributed by atoms with Crippen molar-refractivity contribution >= 4 is 14.0 Å². The van der Waals surface area contributed by atoms with Crippen LogP contribution in [0.4, 0.5) is 14.5 Å². The molecular weight excluding hydrogens is 292 g/mol. The molecule has 0 unspecified atom stereocenters. The molecule has 0 aliphatic carbocycles. The van der Waals surface area contributed by atoms with Gasteiger partial charge in [-0.1, -0.05) is 20.8 Å². The number of hydrogen-bond donors (Lipinski definition) is 0. The van der Waals surface area contributed by atoms with Crippen LogP contribution in [0.2, 0.25) is 18.1 Å². The summed E-state index contributed by atoms with van der Waals surface area (Å²) in [7, 11) is -0.855. The number of nitrogens with zero attached hydrogens (tertiary/aromatic N) is 1. The van der Waals surface area contributed by atoms with Crippen molar-refractivity contribution in [3.63, 3.8) is 0 Å². The Morgan fingerprint density at radius 3 is 2.29 bits per heavy atom. The van der Waals surface area contributed by atoms with Gasteiger partial charge in [-0.3, -0.25) is 0 Å². The van der Waals surface area contributed by atoms with Gasteiger partial charge in [-0.2, -0.15) is 0 Å². The molecule has 21 heavy (non-hydrogen) atoms. The average Bonchev–Trinajstić information content (AvgIpc) is 2.37. The molecule has 3 nitrogen and oxygen atoms in total. The molecule has 0 aliphatic rings. The topological polar surface area (TPSA) is 22.8 Å². The van der Waals surface area contributed by atoms with Crippen molar-refractivity contribution < 1.29 is 17.9 Å². The molecule has 6 heteroatoms. The van der Waals surface area contributed by atoms with Gasteiger partial charge in [0.1, 0.15) is 5.82 Å². The molecule has 0 fully saturated rings. The summed E-state index contributed by atoms with van der Waals surface area (Å²) in [6.45, 7) is 17.1. The van der Waals surface area contributed by atoms with Crippen molar-refractivity contribution in [2.45, 2.75) is 45.5 Å². The van der Waals surface area contributed by atoms with Crippen LogP contribution < -0.4 is 4.74 Å². The average molecular weight is 313 g/mol. The summed E-state index contributed by atoms with van der Waals surface area (Å²) in [5.74, 6) is -1.89. The van der Waals surface area contributed by atoms with E-state index in [2.05, 4.69) is 25.6 Å². The summed E-state index contributed by atoms with van der Waals surface area (Å²) in [6, 6.07) is 1.01. The first-order valence-corrected chi connectivity index (χ1v) is 9.52. The Bertz CT molecular complexity index is 575. The van der Waals surface area contributed by atoms with Crippen molar-refractivity contribution in [1.29, 1.82) is 0 Å². The Hall–Kier alpha value is -1.45. The zero-order valence-electron chi connectivity index (χ0n) is 13.3. The number of ether oxygens (including phenoxy) is 1. The fraction of sp³-hybridized carbons (Fsp3) is 0.533. The Balaban J connectivity index is 3.12. The van der Waals surface area contributed by atoms with E-state index < -0.39 is 25.6 Å². The fourth-order valence-corrected chi connectivity index (χ4v) is 2.46. The van der Waals surface area contributed by atoms with Gasteiger partial charge >= 0.3 is 0 Å². The van der Waals surface area contributed by atoms with E-state index in [0.717, 1.165) is 6.07 Å². The minimum absolute atomic E-state index is 0.0252. The van der Waals surface area contributed by atoms with Crippen LogP contribution in [0.15, 0.2) is 6.07 Å². The van der Waals surface area contributed by atoms with Gasteiger partial charge in [0.25, 0.3) is 5.69 Å². The second-order valence-corrected chi connectivity index (χ2v) is 11.2. The second kappa shape index (κ2) is 6.12. The summed E-state index contributed by atoms with van der Waals surface area (Å²) in [6.07, 6.45) is 0. The Morgan fingerprint density at radius 1 is 1.29 bits per heavy atom. The quantitative estimate of drug-likeness (QED) is 0.573. The summed E-state index contributed by atoms with van der Waals surface area (Å²) in [5.41, 5.74) is -0.368. The lowest BCUT2D eigenvalue weighted by Crippen LogP contribution is -2.40. The predicted octanol–water partition coefficient (Wildman–Crippen LogP) is 5.05. The number of benzene rings is 1. The van der Waals surface area contributed by atoms with Gasteiger partial charge in [0.15, 0.2) is 19.9 Å². The van der Waals surface area contributed by atoms with E-state index in [1.54, 1.807) is 0 Å². The van der Waals surface area contributed by atoms with Gasteiger partial charge in [0.2, 0.25) is 0 Å². The van der Waals surface area contributed by atoms with Crippen molar-refractivity contribution in [2.75, 3.05) is 7.11 Å². The fourth-order valence-electron chi connectivity index (χ4n) is 1.51. The molecule has 116 valence electrons. The van der Waals surface area contributed by atoms with Crippen LogP contribution in [-0.4, -0.2) is 15.4 Å². The van der Waals surface area contributed by atoms with E-state index in [1.165, 1.54) is 7.11 Å². The monoisotopic (exact) mass is 313 g/mol. The highest BCUT2D eigenvalue weighted by molar-refractivity contribution is 6.74. The lowest BCUT2D eigenvalue weighted by Gasteiger charge is -2.36. The minimum atomic E-state index is -2.07. The molecule has 0 N–H and O–H groups in total. The first-order valence-electron chi connectivity index (χ1n) is 6.61. The normalized spacial score (nSPS) is 12.1. The molecule has 0 aliphatic heterocycles. The summed E-state index contributed by atoms with van der Waals surface area (Å²) < 4.78 is 38.8. The molecule has 0 saturated carbocycles. The van der Waals surface area contributed by atoms with E-state index in [9.17, 15) is 8.78 Å². The zero-order valence-corrected chi connectivity index (χ0v) is 14.3. The first kappa shape index (κ1) is 17.6. The summed E-state index contributed by atoms with van der Waals surface area (Å²) >= 11 is 0. The van der Waals surface area contributed by atoms with Crippen molar-refractivity contribution in [3.05, 3.63) is 34.7 Å². The maximum absolute atomic E-state index is 14.3. The van der Waals surface area contributed by atoms with Crippen LogP contribution in [0, 0.1) is 18.2 Å². The van der Waals surface area contributed by atoms with Gasteiger partial charge in [-0.25, -0.2) is 13.6 Å². The Morgan fingerprint density at radius 2 is 1.86 bits per heavy atom. The molecular formula is C15H21F2NO2Si. The third kappa shape index (κ3) is 3.60. The standard InChI is InChI=1S/C15H21F2NO2Si/c1-15(2,3)21(6,7)20-9-10-8-11(16)13(18-4)14(19-5)12(10)17/h8H,9H2,1-3,5-7H3. The van der Waals surface area contributed by atoms with Crippen molar-refractivity contribution in [3.8, 4) is 5.75 Å². The van der Waals surface area contributed by atoms with E-state index in [-0.39, 0.29) is 23.0 Å². The van der Waals surface area contributed by atoms with E-state index >= 15 is 0 Å². The molecule has 0 bridgehead atoms. The highest BCUT2D eigenvalue weighted by Gasteiger charge is 2.37. The lowest BCUT2D eigenvalue weighted by atomic mass is 10.1. The van der Waals surface area contributed by atoms with Gasteiger partial charge < -0.3 is 9.16 Å². The molecule has 0 spiro atoms. The van der Waals surface area contributed by atoms with Crippen LogP contribution in [0.1, 0.15) is 26.3 Å². The highest BCUT2D eigenvalue weighted by atomic mass is 28.4. The van der Waals surface area contributed by atoms with Crippen molar-refractivity contribution in [1.82, 2.24) is 0 Å². The van der Waals surface area contributed by atoms with Gasteiger partial charge in [0, 0.05) is 5.56 Å². The van der Waals surface area contributed by atoms with Crippen LogP contribution in [0.5, 0.6) is 5.75 Å². The van der Waals surface area contributed by atoms with Crippen LogP contribution >= 0.6 is 0 Å². The molecule has 1 rings (SSSR count).